The number of rotatable bonds is 6. The van der Waals surface area contributed by atoms with Gasteiger partial charge in [-0.05, 0) is 37.3 Å². The fourth-order valence-corrected chi connectivity index (χ4v) is 2.02. The Morgan fingerprint density at radius 2 is 2.00 bits per heavy atom. The van der Waals surface area contributed by atoms with Crippen molar-refractivity contribution in [2.75, 3.05) is 6.61 Å². The summed E-state index contributed by atoms with van der Waals surface area (Å²) in [4.78, 5) is 10.8. The number of carbonyl (C=O) groups is 1. The topological polar surface area (TPSA) is 35.5 Å². The first-order valence-corrected chi connectivity index (χ1v) is 6.81. The number of halogens is 2. The molecule has 3 nitrogen and oxygen atoms in total. The molecule has 0 radical (unpaired) electrons. The maximum Gasteiger partial charge on any atom is 0.161 e. The minimum absolute atomic E-state index is 0.0218. The standard InChI is InChI=1S/C16H14ClFO3/c1-2-20-16-8-11(9-19)6-7-15(16)21-10-12-13(17)4-3-5-14(12)18/h3-9H,2,10H2,1H3. The van der Waals surface area contributed by atoms with Gasteiger partial charge in [0.2, 0.25) is 0 Å². The Labute approximate surface area is 127 Å². The molecule has 0 amide bonds. The second-order valence-corrected chi connectivity index (χ2v) is 4.65. The highest BCUT2D eigenvalue weighted by Crippen LogP contribution is 2.30. The summed E-state index contributed by atoms with van der Waals surface area (Å²) in [7, 11) is 0. The highest BCUT2D eigenvalue weighted by Gasteiger charge is 2.11. The van der Waals surface area contributed by atoms with E-state index in [1.807, 2.05) is 6.92 Å². The Hall–Kier alpha value is -2.07. The molecule has 0 aliphatic carbocycles. The number of aldehydes is 1. The molecule has 2 rings (SSSR count). The number of hydrogen-bond acceptors (Lipinski definition) is 3. The van der Waals surface area contributed by atoms with E-state index in [1.54, 1.807) is 24.3 Å². The average molecular weight is 309 g/mol. The monoisotopic (exact) mass is 308 g/mol. The van der Waals surface area contributed by atoms with E-state index in [2.05, 4.69) is 0 Å². The van der Waals surface area contributed by atoms with Gasteiger partial charge in [0.25, 0.3) is 0 Å². The molecule has 0 aliphatic heterocycles. The molecule has 21 heavy (non-hydrogen) atoms. The molecular weight excluding hydrogens is 295 g/mol. The molecule has 2 aromatic rings. The SMILES string of the molecule is CCOc1cc(C=O)ccc1OCc1c(F)cccc1Cl. The van der Waals surface area contributed by atoms with Crippen molar-refractivity contribution in [2.24, 2.45) is 0 Å². The lowest BCUT2D eigenvalue weighted by Gasteiger charge is -2.13. The van der Waals surface area contributed by atoms with E-state index >= 15 is 0 Å². The normalized spacial score (nSPS) is 10.2. The predicted octanol–water partition coefficient (Wildman–Crippen LogP) is 4.27. The van der Waals surface area contributed by atoms with E-state index in [0.717, 1.165) is 6.29 Å². The molecule has 0 atom stereocenters. The van der Waals surface area contributed by atoms with Crippen molar-refractivity contribution in [3.8, 4) is 11.5 Å². The van der Waals surface area contributed by atoms with Crippen molar-refractivity contribution in [1.82, 2.24) is 0 Å². The summed E-state index contributed by atoms with van der Waals surface area (Å²) in [5.74, 6) is 0.446. The average Bonchev–Trinajstić information content (AvgIpc) is 2.48. The van der Waals surface area contributed by atoms with Gasteiger partial charge in [-0.2, -0.15) is 0 Å². The van der Waals surface area contributed by atoms with Gasteiger partial charge in [0.15, 0.2) is 11.5 Å². The van der Waals surface area contributed by atoms with Crippen LogP contribution in [-0.4, -0.2) is 12.9 Å². The molecule has 0 bridgehead atoms. The lowest BCUT2D eigenvalue weighted by molar-refractivity contribution is 0.112. The van der Waals surface area contributed by atoms with Gasteiger partial charge in [-0.25, -0.2) is 4.39 Å². The molecular formula is C16H14ClFO3. The minimum atomic E-state index is -0.426. The van der Waals surface area contributed by atoms with Crippen molar-refractivity contribution < 1.29 is 18.7 Å². The van der Waals surface area contributed by atoms with Crippen LogP contribution in [0, 0.1) is 5.82 Å². The van der Waals surface area contributed by atoms with E-state index in [-0.39, 0.29) is 12.2 Å². The van der Waals surface area contributed by atoms with Crippen LogP contribution in [0.1, 0.15) is 22.8 Å². The fourth-order valence-electron chi connectivity index (χ4n) is 1.81. The van der Waals surface area contributed by atoms with Crippen LogP contribution in [0.25, 0.3) is 0 Å². The van der Waals surface area contributed by atoms with Gasteiger partial charge in [0, 0.05) is 11.1 Å². The summed E-state index contributed by atoms with van der Waals surface area (Å²) < 4.78 is 24.7. The van der Waals surface area contributed by atoms with Gasteiger partial charge >= 0.3 is 0 Å². The van der Waals surface area contributed by atoms with Gasteiger partial charge in [-0.3, -0.25) is 4.79 Å². The second kappa shape index (κ2) is 7.09. The molecule has 0 saturated heterocycles. The fraction of sp³-hybridized carbons (Fsp3) is 0.188. The van der Waals surface area contributed by atoms with E-state index in [4.69, 9.17) is 21.1 Å². The zero-order valence-corrected chi connectivity index (χ0v) is 12.2. The molecule has 0 saturated carbocycles. The second-order valence-electron chi connectivity index (χ2n) is 4.25. The quantitative estimate of drug-likeness (QED) is 0.748. The first-order chi connectivity index (χ1) is 10.2. The van der Waals surface area contributed by atoms with Crippen LogP contribution in [0.2, 0.25) is 5.02 Å². The van der Waals surface area contributed by atoms with Gasteiger partial charge in [-0.15, -0.1) is 0 Å². The van der Waals surface area contributed by atoms with E-state index in [9.17, 15) is 9.18 Å². The van der Waals surface area contributed by atoms with Crippen LogP contribution in [-0.2, 0) is 6.61 Å². The lowest BCUT2D eigenvalue weighted by atomic mass is 10.2. The number of ether oxygens (including phenoxy) is 2. The molecule has 0 fully saturated rings. The van der Waals surface area contributed by atoms with Crippen LogP contribution in [0.4, 0.5) is 4.39 Å². The summed E-state index contributed by atoms with van der Waals surface area (Å²) in [6.07, 6.45) is 0.722. The maximum absolute atomic E-state index is 13.7. The largest absolute Gasteiger partial charge is 0.490 e. The molecule has 2 aromatic carbocycles. The van der Waals surface area contributed by atoms with Gasteiger partial charge in [0.05, 0.1) is 11.6 Å². The summed E-state index contributed by atoms with van der Waals surface area (Å²) in [5.41, 5.74) is 0.760. The van der Waals surface area contributed by atoms with Crippen LogP contribution >= 0.6 is 11.6 Å². The molecule has 0 aliphatic rings. The van der Waals surface area contributed by atoms with Gasteiger partial charge < -0.3 is 9.47 Å². The van der Waals surface area contributed by atoms with E-state index in [1.165, 1.54) is 12.1 Å². The summed E-state index contributed by atoms with van der Waals surface area (Å²) >= 11 is 5.95. The Bertz CT molecular complexity index is 623. The molecule has 0 heterocycles. The Morgan fingerprint density at radius 1 is 1.19 bits per heavy atom. The molecule has 0 spiro atoms. The smallest absolute Gasteiger partial charge is 0.161 e. The van der Waals surface area contributed by atoms with Crippen molar-refractivity contribution in [3.05, 3.63) is 58.4 Å². The number of benzene rings is 2. The lowest BCUT2D eigenvalue weighted by Crippen LogP contribution is -2.02. The van der Waals surface area contributed by atoms with Gasteiger partial charge in [-0.1, -0.05) is 17.7 Å². The van der Waals surface area contributed by atoms with E-state index < -0.39 is 5.82 Å². The zero-order valence-electron chi connectivity index (χ0n) is 11.4. The predicted molar refractivity (Wildman–Crippen MR) is 78.7 cm³/mol. The Morgan fingerprint density at radius 3 is 2.67 bits per heavy atom. The van der Waals surface area contributed by atoms with Crippen molar-refractivity contribution in [2.45, 2.75) is 13.5 Å². The molecule has 0 aromatic heterocycles. The van der Waals surface area contributed by atoms with Crippen molar-refractivity contribution >= 4 is 17.9 Å². The third kappa shape index (κ3) is 3.73. The van der Waals surface area contributed by atoms with Crippen molar-refractivity contribution in [3.63, 3.8) is 0 Å². The van der Waals surface area contributed by atoms with Crippen LogP contribution < -0.4 is 9.47 Å². The summed E-state index contributed by atoms with van der Waals surface area (Å²) in [6, 6.07) is 9.25. The van der Waals surface area contributed by atoms with Gasteiger partial charge in [0.1, 0.15) is 18.7 Å². The third-order valence-corrected chi connectivity index (χ3v) is 3.19. The van der Waals surface area contributed by atoms with Crippen LogP contribution in [0.5, 0.6) is 11.5 Å². The first-order valence-electron chi connectivity index (χ1n) is 6.43. The Balaban J connectivity index is 2.21. The molecule has 0 N–H and O–H groups in total. The maximum atomic E-state index is 13.7. The zero-order chi connectivity index (χ0) is 15.2. The molecule has 110 valence electrons. The van der Waals surface area contributed by atoms with Crippen LogP contribution in [0.3, 0.4) is 0 Å². The Kier molecular flexibility index (Phi) is 5.17. The van der Waals surface area contributed by atoms with Crippen LogP contribution in [0.15, 0.2) is 36.4 Å². The number of carbonyl (C=O) groups excluding carboxylic acids is 1. The highest BCUT2D eigenvalue weighted by atomic mass is 35.5. The first kappa shape index (κ1) is 15.3. The summed E-state index contributed by atoms with van der Waals surface area (Å²) in [5, 5.41) is 0.303. The molecule has 0 unspecified atom stereocenters. The van der Waals surface area contributed by atoms with E-state index in [0.29, 0.717) is 28.7 Å². The highest BCUT2D eigenvalue weighted by molar-refractivity contribution is 6.31. The number of hydrogen-bond donors (Lipinski definition) is 0. The minimum Gasteiger partial charge on any atom is -0.490 e. The third-order valence-electron chi connectivity index (χ3n) is 2.84. The molecule has 5 heteroatoms. The van der Waals surface area contributed by atoms with Crippen molar-refractivity contribution in [1.29, 1.82) is 0 Å². The summed E-state index contributed by atoms with van der Waals surface area (Å²) in [6.45, 7) is 2.23.